The summed E-state index contributed by atoms with van der Waals surface area (Å²) < 4.78 is 13.0. The second-order valence-corrected chi connectivity index (χ2v) is 10.9. The van der Waals surface area contributed by atoms with Gasteiger partial charge in [0.1, 0.15) is 58.7 Å². The van der Waals surface area contributed by atoms with E-state index in [2.05, 4.69) is 0 Å². The first-order valence-corrected chi connectivity index (χ1v) is 13.7. The van der Waals surface area contributed by atoms with Crippen LogP contribution in [0.1, 0.15) is 67.8 Å². The van der Waals surface area contributed by atoms with Crippen LogP contribution >= 0.6 is 0 Å². The predicted molar refractivity (Wildman–Crippen MR) is 156 cm³/mol. The summed E-state index contributed by atoms with van der Waals surface area (Å²) in [5, 5.41) is 51.9. The molecule has 0 spiro atoms. The van der Waals surface area contributed by atoms with E-state index in [4.69, 9.17) is 9.47 Å². The minimum Gasteiger partial charge on any atom is -0.508 e. The second-order valence-electron chi connectivity index (χ2n) is 10.9. The lowest BCUT2D eigenvalue weighted by Crippen LogP contribution is -2.16. The van der Waals surface area contributed by atoms with Gasteiger partial charge in [0.25, 0.3) is 0 Å². The summed E-state index contributed by atoms with van der Waals surface area (Å²) in [4.78, 5) is 11.8. The Balaban J connectivity index is 1.48. The summed E-state index contributed by atoms with van der Waals surface area (Å²) in [6.45, 7) is 0. The summed E-state index contributed by atoms with van der Waals surface area (Å²) in [6.07, 6.45) is -0.470. The highest BCUT2D eigenvalue weighted by Crippen LogP contribution is 2.58. The molecule has 8 heteroatoms. The van der Waals surface area contributed by atoms with E-state index in [-0.39, 0.29) is 28.7 Å². The van der Waals surface area contributed by atoms with Crippen LogP contribution in [-0.4, -0.2) is 31.8 Å². The van der Waals surface area contributed by atoms with Gasteiger partial charge in [-0.15, -0.1) is 0 Å². The van der Waals surface area contributed by atoms with E-state index in [1.54, 1.807) is 84.9 Å². The van der Waals surface area contributed by atoms with E-state index in [1.807, 2.05) is 0 Å². The molecular weight excluding hydrogens is 548 g/mol. The SMILES string of the molecule is O=Cc1ccc2c(c1)[C@@H](c1cc(O)cc3c1[C@@H](c1cc(O)cc(O)c1)[C@@H](c1ccc(O)cc1)O3)[C@H](c1ccc(O)cc1)O2. The van der Waals surface area contributed by atoms with Crippen molar-refractivity contribution in [2.24, 2.45) is 0 Å². The van der Waals surface area contributed by atoms with Crippen LogP contribution in [0.5, 0.6) is 40.2 Å². The molecule has 5 N–H and O–H groups in total. The lowest BCUT2D eigenvalue weighted by molar-refractivity contribution is 0.112. The zero-order valence-electron chi connectivity index (χ0n) is 22.6. The molecule has 43 heavy (non-hydrogen) atoms. The quantitative estimate of drug-likeness (QED) is 0.149. The third-order valence-corrected chi connectivity index (χ3v) is 8.15. The van der Waals surface area contributed by atoms with Crippen LogP contribution in [0.15, 0.2) is 97.1 Å². The number of hydrogen-bond donors (Lipinski definition) is 5. The molecule has 0 amide bonds. The minimum absolute atomic E-state index is 0.0398. The minimum atomic E-state index is -0.646. The average Bonchev–Trinajstić information content (AvgIpc) is 3.55. The largest absolute Gasteiger partial charge is 0.508 e. The molecule has 0 fully saturated rings. The first kappa shape index (κ1) is 26.3. The van der Waals surface area contributed by atoms with Crippen molar-refractivity contribution in [3.05, 3.63) is 136 Å². The maximum Gasteiger partial charge on any atom is 0.150 e. The van der Waals surface area contributed by atoms with Crippen molar-refractivity contribution in [3.63, 3.8) is 0 Å². The van der Waals surface area contributed by atoms with Crippen molar-refractivity contribution in [1.29, 1.82) is 0 Å². The first-order chi connectivity index (χ1) is 20.8. The van der Waals surface area contributed by atoms with Crippen LogP contribution < -0.4 is 9.47 Å². The van der Waals surface area contributed by atoms with Gasteiger partial charge < -0.3 is 35.0 Å². The zero-order valence-corrected chi connectivity index (χ0v) is 22.6. The number of ether oxygens (including phenoxy) is 2. The van der Waals surface area contributed by atoms with E-state index < -0.39 is 24.0 Å². The van der Waals surface area contributed by atoms with E-state index in [0.29, 0.717) is 33.8 Å². The molecule has 0 aromatic heterocycles. The Kier molecular flexibility index (Phi) is 6.13. The molecule has 2 aliphatic rings. The van der Waals surface area contributed by atoms with Gasteiger partial charge in [-0.25, -0.2) is 0 Å². The summed E-state index contributed by atoms with van der Waals surface area (Å²) in [6, 6.07) is 26.0. The topological polar surface area (TPSA) is 137 Å². The molecule has 5 aromatic rings. The molecule has 0 bridgehead atoms. The van der Waals surface area contributed by atoms with Crippen LogP contribution in [0.2, 0.25) is 0 Å². The highest BCUT2D eigenvalue weighted by Gasteiger charge is 2.45. The smallest absolute Gasteiger partial charge is 0.150 e. The predicted octanol–water partition coefficient (Wildman–Crippen LogP) is 6.56. The van der Waals surface area contributed by atoms with Crippen LogP contribution in [0.25, 0.3) is 0 Å². The van der Waals surface area contributed by atoms with Crippen molar-refractivity contribution >= 4 is 6.29 Å². The lowest BCUT2D eigenvalue weighted by Gasteiger charge is -2.26. The Morgan fingerprint density at radius 1 is 0.488 bits per heavy atom. The Labute approximate surface area is 246 Å². The second kappa shape index (κ2) is 10.0. The van der Waals surface area contributed by atoms with Crippen LogP contribution in [0.3, 0.4) is 0 Å². The van der Waals surface area contributed by atoms with Crippen LogP contribution in [-0.2, 0) is 0 Å². The maximum atomic E-state index is 11.8. The number of fused-ring (bicyclic) bond motifs is 2. The first-order valence-electron chi connectivity index (χ1n) is 13.7. The fourth-order valence-electron chi connectivity index (χ4n) is 6.35. The van der Waals surface area contributed by atoms with Gasteiger partial charge >= 0.3 is 0 Å². The number of hydrogen-bond acceptors (Lipinski definition) is 8. The summed E-state index contributed by atoms with van der Waals surface area (Å²) in [5.41, 5.74) is 4.65. The third-order valence-electron chi connectivity index (χ3n) is 8.15. The van der Waals surface area contributed by atoms with Gasteiger partial charge in [-0.2, -0.15) is 0 Å². The van der Waals surface area contributed by atoms with E-state index >= 15 is 0 Å². The Morgan fingerprint density at radius 2 is 1.05 bits per heavy atom. The number of aldehydes is 1. The lowest BCUT2D eigenvalue weighted by atomic mass is 9.76. The highest BCUT2D eigenvalue weighted by molar-refractivity contribution is 5.76. The van der Waals surface area contributed by atoms with E-state index in [1.165, 1.54) is 12.1 Å². The molecule has 0 saturated carbocycles. The third kappa shape index (κ3) is 4.53. The monoisotopic (exact) mass is 574 g/mol. The van der Waals surface area contributed by atoms with Crippen molar-refractivity contribution in [1.82, 2.24) is 0 Å². The van der Waals surface area contributed by atoms with Crippen LogP contribution in [0, 0.1) is 0 Å². The van der Waals surface area contributed by atoms with E-state index in [9.17, 15) is 30.3 Å². The standard InChI is InChI=1S/C35H26O8/c36-17-18-1-10-29-27(11-18)32(35(42-29)20-4-8-23(38)9-5-20)28-15-26(41)16-30-33(28)31(21-12-24(39)14-25(40)13-21)34(43-30)19-2-6-22(37)7-3-19/h1-17,31-32,34-35,37-41H/t31-,32+,34-,35+/m1/s1. The molecule has 0 radical (unpaired) electrons. The molecule has 0 unspecified atom stereocenters. The molecule has 4 atom stereocenters. The van der Waals surface area contributed by atoms with Gasteiger partial charge in [-0.05, 0) is 82.9 Å². The summed E-state index contributed by atoms with van der Waals surface area (Å²) in [7, 11) is 0. The molecule has 2 aliphatic heterocycles. The van der Waals surface area contributed by atoms with Gasteiger partial charge in [-0.3, -0.25) is 4.79 Å². The van der Waals surface area contributed by atoms with Crippen LogP contribution in [0.4, 0.5) is 0 Å². The Hall–Kier alpha value is -5.63. The number of benzene rings is 5. The Morgan fingerprint density at radius 3 is 1.65 bits per heavy atom. The maximum absolute atomic E-state index is 11.8. The number of carbonyl (C=O) groups is 1. The zero-order chi connectivity index (χ0) is 29.8. The highest BCUT2D eigenvalue weighted by atomic mass is 16.5. The Bertz CT molecular complexity index is 1840. The van der Waals surface area contributed by atoms with Gasteiger partial charge in [0.05, 0.1) is 11.8 Å². The van der Waals surface area contributed by atoms with E-state index in [0.717, 1.165) is 23.0 Å². The van der Waals surface area contributed by atoms with Gasteiger partial charge in [0, 0.05) is 28.8 Å². The van der Waals surface area contributed by atoms with Crippen molar-refractivity contribution in [2.75, 3.05) is 0 Å². The molecule has 5 aromatic carbocycles. The molecule has 0 saturated heterocycles. The fraction of sp³-hybridized carbons (Fsp3) is 0.114. The van der Waals surface area contributed by atoms with Crippen molar-refractivity contribution in [2.45, 2.75) is 24.0 Å². The summed E-state index contributed by atoms with van der Waals surface area (Å²) >= 11 is 0. The van der Waals surface area contributed by atoms with Gasteiger partial charge in [-0.1, -0.05) is 24.3 Å². The normalized spacial score (nSPS) is 20.1. The summed E-state index contributed by atoms with van der Waals surface area (Å²) in [5.74, 6) is -0.194. The number of aromatic hydroxyl groups is 5. The molecule has 0 aliphatic carbocycles. The van der Waals surface area contributed by atoms with Crippen molar-refractivity contribution < 1.29 is 39.8 Å². The molecule has 214 valence electrons. The van der Waals surface area contributed by atoms with Crippen molar-refractivity contribution in [3.8, 4) is 40.2 Å². The molecule has 8 nitrogen and oxygen atoms in total. The molecule has 2 heterocycles. The van der Waals surface area contributed by atoms with Gasteiger partial charge in [0.2, 0.25) is 0 Å². The average molecular weight is 575 g/mol. The molecular formula is C35H26O8. The number of carbonyl (C=O) groups excluding carboxylic acids is 1. The molecule has 7 rings (SSSR count). The number of phenolic OH excluding ortho intramolecular Hbond substituents is 5. The van der Waals surface area contributed by atoms with Gasteiger partial charge in [0.15, 0.2) is 0 Å². The fourth-order valence-corrected chi connectivity index (χ4v) is 6.35. The number of phenols is 5. The number of rotatable bonds is 5.